The number of hydrogen-bond acceptors (Lipinski definition) is 2. The molecule has 0 bridgehead atoms. The minimum absolute atomic E-state index is 0.666. The molecule has 0 unspecified atom stereocenters. The topological polar surface area (TPSA) is 38.0 Å². The second-order valence-electron chi connectivity index (χ2n) is 2.64. The van der Waals surface area contributed by atoms with Gasteiger partial charge in [-0.25, -0.2) is 0 Å². The smallest absolute Gasteiger partial charge is 0.0257 e. The molecular formula is C7H14N2. The van der Waals surface area contributed by atoms with Gasteiger partial charge in [-0.2, -0.15) is 0 Å². The summed E-state index contributed by atoms with van der Waals surface area (Å²) in [6.45, 7) is 2.70. The molecule has 0 atom stereocenters. The Morgan fingerprint density at radius 1 is 1.78 bits per heavy atom. The molecule has 0 aliphatic heterocycles. The Bertz CT molecular complexity index is 114. The van der Waals surface area contributed by atoms with Crippen LogP contribution in [0.25, 0.3) is 0 Å². The Labute approximate surface area is 56.1 Å². The summed E-state index contributed by atoms with van der Waals surface area (Å²) in [5.41, 5.74) is 6.59. The van der Waals surface area contributed by atoms with Crippen molar-refractivity contribution in [1.82, 2.24) is 5.32 Å². The Morgan fingerprint density at radius 2 is 2.44 bits per heavy atom. The largest absolute Gasteiger partial charge is 0.388 e. The van der Waals surface area contributed by atoms with Gasteiger partial charge in [0.2, 0.25) is 0 Å². The van der Waals surface area contributed by atoms with Crippen LogP contribution in [0, 0.1) is 0 Å². The Kier molecular flexibility index (Phi) is 2.11. The molecule has 1 saturated carbocycles. The lowest BCUT2D eigenvalue weighted by atomic mass is 10.3. The number of hydrogen-bond donors (Lipinski definition) is 2. The molecule has 0 aromatic carbocycles. The highest BCUT2D eigenvalue weighted by atomic mass is 14.9. The average Bonchev–Trinajstić information content (AvgIpc) is 2.65. The van der Waals surface area contributed by atoms with E-state index in [4.69, 9.17) is 5.73 Å². The molecule has 1 rings (SSSR count). The number of rotatable bonds is 3. The molecule has 0 heterocycles. The van der Waals surface area contributed by atoms with Crippen LogP contribution in [0.4, 0.5) is 0 Å². The molecule has 0 aromatic heterocycles. The van der Waals surface area contributed by atoms with Crippen LogP contribution in [0.1, 0.15) is 19.8 Å². The van der Waals surface area contributed by atoms with Crippen LogP contribution in [0.15, 0.2) is 11.8 Å². The van der Waals surface area contributed by atoms with E-state index in [-0.39, 0.29) is 0 Å². The van der Waals surface area contributed by atoms with Gasteiger partial charge >= 0.3 is 0 Å². The van der Waals surface area contributed by atoms with Gasteiger partial charge in [0.15, 0.2) is 0 Å². The van der Waals surface area contributed by atoms with Crippen molar-refractivity contribution in [2.24, 2.45) is 5.73 Å². The van der Waals surface area contributed by atoms with Gasteiger partial charge in [-0.15, -0.1) is 0 Å². The molecule has 0 radical (unpaired) electrons. The summed E-state index contributed by atoms with van der Waals surface area (Å²) in [5.74, 6) is 0. The highest BCUT2D eigenvalue weighted by Crippen LogP contribution is 2.18. The molecule has 3 N–H and O–H groups in total. The van der Waals surface area contributed by atoms with Crippen LogP contribution < -0.4 is 11.1 Å². The molecule has 0 aromatic rings. The predicted molar refractivity (Wildman–Crippen MR) is 39.0 cm³/mol. The molecule has 1 aliphatic carbocycles. The van der Waals surface area contributed by atoms with E-state index in [1.807, 2.05) is 13.1 Å². The maximum atomic E-state index is 5.37. The van der Waals surface area contributed by atoms with Gasteiger partial charge in [0, 0.05) is 12.6 Å². The van der Waals surface area contributed by atoms with Gasteiger partial charge in [0.05, 0.1) is 0 Å². The van der Waals surface area contributed by atoms with Crippen LogP contribution in [0.3, 0.4) is 0 Å². The van der Waals surface area contributed by atoms with E-state index in [0.717, 1.165) is 6.04 Å². The summed E-state index contributed by atoms with van der Waals surface area (Å²) in [4.78, 5) is 0. The summed E-state index contributed by atoms with van der Waals surface area (Å²) in [6, 6.07) is 0.756. The maximum absolute atomic E-state index is 5.37. The first kappa shape index (κ1) is 6.62. The van der Waals surface area contributed by atoms with Crippen molar-refractivity contribution in [3.8, 4) is 0 Å². The zero-order valence-corrected chi connectivity index (χ0v) is 5.85. The molecule has 2 nitrogen and oxygen atoms in total. The fourth-order valence-electron chi connectivity index (χ4n) is 0.569. The first-order valence-electron chi connectivity index (χ1n) is 3.44. The number of nitrogens with one attached hydrogen (secondary N) is 1. The third-order valence-corrected chi connectivity index (χ3v) is 1.46. The minimum atomic E-state index is 0.666. The van der Waals surface area contributed by atoms with Crippen LogP contribution in [-0.2, 0) is 0 Å². The first-order chi connectivity index (χ1) is 4.33. The van der Waals surface area contributed by atoms with E-state index in [1.54, 1.807) is 0 Å². The summed E-state index contributed by atoms with van der Waals surface area (Å²) < 4.78 is 0. The highest BCUT2D eigenvalue weighted by molar-refractivity contribution is 5.00. The van der Waals surface area contributed by atoms with Crippen LogP contribution in [0.2, 0.25) is 0 Å². The fraction of sp³-hybridized carbons (Fsp3) is 0.714. The molecule has 1 aliphatic rings. The van der Waals surface area contributed by atoms with E-state index in [1.165, 1.54) is 18.4 Å². The second kappa shape index (κ2) is 2.87. The van der Waals surface area contributed by atoms with Gasteiger partial charge in [0.25, 0.3) is 0 Å². The highest BCUT2D eigenvalue weighted by Gasteiger charge is 2.18. The van der Waals surface area contributed by atoms with Crippen LogP contribution in [-0.4, -0.2) is 12.6 Å². The lowest BCUT2D eigenvalue weighted by Gasteiger charge is -1.97. The van der Waals surface area contributed by atoms with E-state index >= 15 is 0 Å². The Hall–Kier alpha value is -0.500. The van der Waals surface area contributed by atoms with Crippen molar-refractivity contribution in [1.29, 1.82) is 0 Å². The SMILES string of the molecule is C/C(=C/NC1CC1)CN. The summed E-state index contributed by atoms with van der Waals surface area (Å²) >= 11 is 0. The Balaban J connectivity index is 2.12. The van der Waals surface area contributed by atoms with Crippen molar-refractivity contribution in [3.05, 3.63) is 11.8 Å². The second-order valence-corrected chi connectivity index (χ2v) is 2.64. The number of nitrogens with two attached hydrogens (primary N) is 1. The van der Waals surface area contributed by atoms with Gasteiger partial charge in [-0.3, -0.25) is 0 Å². The maximum Gasteiger partial charge on any atom is 0.0257 e. The zero-order valence-electron chi connectivity index (χ0n) is 5.85. The molecule has 0 saturated heterocycles. The molecule has 1 fully saturated rings. The van der Waals surface area contributed by atoms with E-state index in [0.29, 0.717) is 6.54 Å². The predicted octanol–water partition coefficient (Wildman–Crippen LogP) is 0.601. The van der Waals surface area contributed by atoms with Crippen LogP contribution >= 0.6 is 0 Å². The lowest BCUT2D eigenvalue weighted by Crippen LogP contribution is -2.10. The third-order valence-electron chi connectivity index (χ3n) is 1.46. The van der Waals surface area contributed by atoms with Crippen molar-refractivity contribution < 1.29 is 0 Å². The van der Waals surface area contributed by atoms with Gasteiger partial charge in [0.1, 0.15) is 0 Å². The van der Waals surface area contributed by atoms with E-state index in [2.05, 4.69) is 5.32 Å². The van der Waals surface area contributed by atoms with Crippen LogP contribution in [0.5, 0.6) is 0 Å². The van der Waals surface area contributed by atoms with Crippen molar-refractivity contribution >= 4 is 0 Å². The average molecular weight is 126 g/mol. The quantitative estimate of drug-likeness (QED) is 0.581. The first-order valence-corrected chi connectivity index (χ1v) is 3.44. The van der Waals surface area contributed by atoms with Crippen molar-refractivity contribution in [2.75, 3.05) is 6.54 Å². The molecule has 2 heteroatoms. The lowest BCUT2D eigenvalue weighted by molar-refractivity contribution is 0.847. The molecule has 52 valence electrons. The zero-order chi connectivity index (χ0) is 6.69. The standard InChI is InChI=1S/C7H14N2/c1-6(4-8)5-9-7-2-3-7/h5,7,9H,2-4,8H2,1H3/b6-5-. The molecular weight excluding hydrogens is 112 g/mol. The van der Waals surface area contributed by atoms with E-state index < -0.39 is 0 Å². The van der Waals surface area contributed by atoms with Crippen molar-refractivity contribution in [3.63, 3.8) is 0 Å². The summed E-state index contributed by atoms with van der Waals surface area (Å²) in [7, 11) is 0. The van der Waals surface area contributed by atoms with Crippen molar-refractivity contribution in [2.45, 2.75) is 25.8 Å². The van der Waals surface area contributed by atoms with Gasteiger partial charge in [-0.1, -0.05) is 0 Å². The van der Waals surface area contributed by atoms with E-state index in [9.17, 15) is 0 Å². The summed E-state index contributed by atoms with van der Waals surface area (Å²) in [6.07, 6.45) is 4.68. The monoisotopic (exact) mass is 126 g/mol. The fourth-order valence-corrected chi connectivity index (χ4v) is 0.569. The minimum Gasteiger partial charge on any atom is -0.388 e. The normalized spacial score (nSPS) is 20.0. The third kappa shape index (κ3) is 2.51. The molecule has 9 heavy (non-hydrogen) atoms. The van der Waals surface area contributed by atoms with Gasteiger partial charge < -0.3 is 11.1 Å². The Morgan fingerprint density at radius 3 is 2.89 bits per heavy atom. The summed E-state index contributed by atoms with van der Waals surface area (Å²) in [5, 5.41) is 3.27. The molecule has 0 amide bonds. The van der Waals surface area contributed by atoms with Gasteiger partial charge in [-0.05, 0) is 31.5 Å². The molecule has 0 spiro atoms.